The van der Waals surface area contributed by atoms with Crippen molar-refractivity contribution in [3.05, 3.63) is 0 Å². The third kappa shape index (κ3) is 122. The van der Waals surface area contributed by atoms with Crippen molar-refractivity contribution < 1.29 is 173 Å². The van der Waals surface area contributed by atoms with Crippen molar-refractivity contribution in [2.75, 3.05) is 85.6 Å². The zero-order chi connectivity index (χ0) is 92.5. The second-order valence-electron chi connectivity index (χ2n) is 29.9. The van der Waals surface area contributed by atoms with Gasteiger partial charge in [0.05, 0.1) is 60.6 Å². The summed E-state index contributed by atoms with van der Waals surface area (Å²) in [6.45, 7) is 8.45. The normalized spacial score (nSPS) is 12.1. The fourth-order valence-corrected chi connectivity index (χ4v) is 14.7. The van der Waals surface area contributed by atoms with Crippen molar-refractivity contribution in [1.82, 2.24) is 0 Å². The van der Waals surface area contributed by atoms with Gasteiger partial charge in [-0.2, -0.15) is 7.11 Å². The van der Waals surface area contributed by atoms with E-state index in [-0.39, 0.29) is 87.0 Å². The molecule has 37 heteroatoms. The van der Waals surface area contributed by atoms with Gasteiger partial charge in [0.15, 0.2) is 0 Å². The van der Waals surface area contributed by atoms with Gasteiger partial charge in [-0.3, -0.25) is 28.3 Å². The molecule has 0 bridgehead atoms. The molecule has 0 spiro atoms. The van der Waals surface area contributed by atoms with E-state index in [0.717, 1.165) is 91.3 Å². The van der Waals surface area contributed by atoms with Crippen molar-refractivity contribution in [3.63, 3.8) is 0 Å². The average Bonchev–Trinajstić information content (AvgIpc) is 0.898. The Morgan fingerprint density at radius 2 is 0.418 bits per heavy atom. The maximum Gasteiger partial charge on any atom is 1.00 e. The Bertz CT molecular complexity index is 2250. The van der Waals surface area contributed by atoms with Gasteiger partial charge in [-0.25, -0.2) is 0 Å². The smallest absolute Gasteiger partial charge is 0.857 e. The second kappa shape index (κ2) is 108. The molecule has 0 amide bonds. The first-order valence-corrected chi connectivity index (χ1v) is 52.7. The number of carbonyl (C=O) groups excluding carboxylic acids is 4. The first kappa shape index (κ1) is 137. The number of alkyl halides is 2. The largest absolute Gasteiger partial charge is 1.00 e. The van der Waals surface area contributed by atoms with Gasteiger partial charge in [0, 0.05) is 32.8 Å². The predicted octanol–water partition coefficient (Wildman–Crippen LogP) is 14.0. The average molecular weight is 1890 g/mol. The van der Waals surface area contributed by atoms with E-state index >= 15 is 0 Å². The molecule has 0 saturated carbocycles. The Kier molecular flexibility index (Phi) is 121. The molecule has 732 valence electrons. The van der Waals surface area contributed by atoms with Crippen molar-refractivity contribution in [3.8, 4) is 0 Å². The summed E-state index contributed by atoms with van der Waals surface area (Å²) in [5.74, 6) is -1.77. The van der Waals surface area contributed by atoms with Crippen LogP contribution in [0, 0.1) is 0 Å². The summed E-state index contributed by atoms with van der Waals surface area (Å²) in [6, 6.07) is 0. The summed E-state index contributed by atoms with van der Waals surface area (Å²) in [4.78, 5) is 114. The third-order valence-corrected chi connectivity index (χ3v) is 21.7. The van der Waals surface area contributed by atoms with Crippen LogP contribution in [0.1, 0.15) is 414 Å². The molecule has 122 heavy (non-hydrogen) atoms. The number of esters is 4. The van der Waals surface area contributed by atoms with E-state index in [9.17, 15) is 66.8 Å². The minimum atomic E-state index is -5.33. The van der Waals surface area contributed by atoms with Crippen LogP contribution in [0.25, 0.3) is 0 Å². The molecule has 0 rings (SSSR count). The molecule has 2 atom stereocenters. The number of aliphatic hydroxyl groups is 5. The standard InChI is InChI=1S/C38H75O8P.C35H69O8P.C6H15O6P.C3H9O6P.CH2Cl2.CH4O.CH3O.Na/c1-4-7-9-11-13-15-17-19-21-23-25-27-29-31-37(39)43-34-36(46-47(41,42)45-33-6-3)35-44-38(40)32-30-28-26-24-22-20-18-16-14-12-10-8-5-2;1-3-5-7-9-11-13-15-17-19-21-23-25-27-29-34(36)41-31-33(43-44(38,39)40)32-42-35(37)30-28-26-24-22-20-18-16-14-12-10-8-6-4-2;1-2-3-11-13(9,10)12-6(4-7)5-8;4-1-3(2-5)9-10(6,7)8;2-1-3;2*1-2;/h36H,4-35H2,1-3H3,(H,41,42);33H,3-32H2,1-2H3,(H2,38,39,40);6-8H,2-5H2,1H3,(H,9,10);3-5H,1-2H2,(H2,6,7,8);1H2;2H,1H3;1H3;/q;;;;;;-1;+1/p-6. The van der Waals surface area contributed by atoms with Crippen molar-refractivity contribution in [2.45, 2.75) is 438 Å². The molecular weight excluding hydrogens is 1720 g/mol. The van der Waals surface area contributed by atoms with Crippen LogP contribution >= 0.6 is 54.5 Å². The predicted molar refractivity (Wildman–Crippen MR) is 466 cm³/mol. The fourth-order valence-electron chi connectivity index (χ4n) is 11.8. The molecule has 2 unspecified atom stereocenters. The molecule has 0 radical (unpaired) electrons. The molecule has 0 aromatic rings. The number of carbonyl (C=O) groups is 4. The molecule has 0 aliphatic rings. The van der Waals surface area contributed by atoms with Gasteiger partial charge >= 0.3 is 53.4 Å². The molecule has 0 aromatic heterocycles. The maximum atomic E-state index is 12.3. The van der Waals surface area contributed by atoms with Crippen LogP contribution in [0.2, 0.25) is 0 Å². The summed E-state index contributed by atoms with van der Waals surface area (Å²) in [5, 5.41) is 48.9. The number of rotatable bonds is 82. The molecule has 30 nitrogen and oxygen atoms in total. The molecule has 0 fully saturated rings. The van der Waals surface area contributed by atoms with Crippen LogP contribution in [-0.4, -0.2) is 159 Å². The summed E-state index contributed by atoms with van der Waals surface area (Å²) in [5.41, 5.74) is 0. The Balaban J connectivity index is -0.000000264. The monoisotopic (exact) mass is 1890 g/mol. The van der Waals surface area contributed by atoms with Gasteiger partial charge in [0.2, 0.25) is 0 Å². The second-order valence-corrected chi connectivity index (χ2v) is 35.6. The summed E-state index contributed by atoms with van der Waals surface area (Å²) >= 11 is 9.53. The summed E-state index contributed by atoms with van der Waals surface area (Å²) < 4.78 is 91.6. The van der Waals surface area contributed by atoms with Crippen LogP contribution < -0.4 is 64.0 Å². The van der Waals surface area contributed by atoms with Gasteiger partial charge in [-0.1, -0.05) is 350 Å². The molecule has 0 saturated heterocycles. The SMILES string of the molecule is CCCCCCCCCCCCCCCC(=O)OCC(COC(=O)CCCCCCCCCCCCCCC)OP(=O)([O-])OCCC.CCCCCCCCCCCCCCCC(=O)OCC(COC(=O)CCCCCCCCCCCCCCC)OP(=O)([O-])[O-].CCCOP(=O)([O-])OC(CO)CO.CO.C[O-].ClCCl.O=P([O-])([O-])OC(CO)CO.[Na+]. The summed E-state index contributed by atoms with van der Waals surface area (Å²) in [7, 11) is -17.6. The zero-order valence-electron chi connectivity index (χ0n) is 77.1. The molecular formula is C85H171Cl2NaO30P4-6. The van der Waals surface area contributed by atoms with E-state index in [1.54, 1.807) is 13.8 Å². The number of halogens is 2. The van der Waals surface area contributed by atoms with Crippen LogP contribution in [0.5, 0.6) is 0 Å². The van der Waals surface area contributed by atoms with Gasteiger partial charge < -0.3 is 115 Å². The van der Waals surface area contributed by atoms with E-state index < -0.39 is 119 Å². The Hall–Kier alpha value is -0.340. The molecule has 0 aliphatic carbocycles. The molecule has 0 aliphatic heterocycles. The number of unbranched alkanes of at least 4 members (excludes halogenated alkanes) is 48. The minimum absolute atomic E-state index is 0. The fraction of sp³-hybridized carbons (Fsp3) is 0.953. The topological polar surface area (TPSA) is 491 Å². The number of hydrogen-bond donors (Lipinski definition) is 5. The van der Waals surface area contributed by atoms with Crippen molar-refractivity contribution >= 4 is 78.4 Å². The van der Waals surface area contributed by atoms with E-state index in [2.05, 4.69) is 45.8 Å². The van der Waals surface area contributed by atoms with Crippen LogP contribution in [0.3, 0.4) is 0 Å². The van der Waals surface area contributed by atoms with Gasteiger partial charge in [-0.05, 0) is 38.5 Å². The number of hydrogen-bond acceptors (Lipinski definition) is 30. The van der Waals surface area contributed by atoms with Gasteiger partial charge in [0.25, 0.3) is 15.6 Å². The van der Waals surface area contributed by atoms with E-state index in [4.69, 9.17) is 81.8 Å². The number of ether oxygens (including phenoxy) is 4. The Morgan fingerprint density at radius 3 is 0.574 bits per heavy atom. The van der Waals surface area contributed by atoms with E-state index in [1.807, 2.05) is 0 Å². The maximum absolute atomic E-state index is 12.3. The number of aliphatic hydroxyl groups excluding tert-OH is 5. The zero-order valence-corrected chi connectivity index (χ0v) is 84.2. The van der Waals surface area contributed by atoms with Crippen molar-refractivity contribution in [1.29, 1.82) is 0 Å². The van der Waals surface area contributed by atoms with E-state index in [1.165, 1.54) is 244 Å². The first-order chi connectivity index (χ1) is 58.1. The third-order valence-electron chi connectivity index (χ3n) is 18.5. The Labute approximate surface area is 770 Å². The van der Waals surface area contributed by atoms with Crippen LogP contribution in [0.15, 0.2) is 0 Å². The minimum Gasteiger partial charge on any atom is -0.857 e. The molecule has 0 heterocycles. The van der Waals surface area contributed by atoms with E-state index in [0.29, 0.717) is 25.7 Å². The quantitative estimate of drug-likeness (QED) is 0.00943. The van der Waals surface area contributed by atoms with Gasteiger partial charge in [-0.15, -0.1) is 23.2 Å². The number of phosphoric acid groups is 4. The molecule has 5 N–H and O–H groups in total. The Morgan fingerprint density at radius 1 is 0.270 bits per heavy atom. The van der Waals surface area contributed by atoms with Crippen LogP contribution in [0.4, 0.5) is 0 Å². The molecule has 0 aromatic carbocycles. The summed E-state index contributed by atoms with van der Waals surface area (Å²) in [6.07, 6.45) is 60.2. The van der Waals surface area contributed by atoms with Gasteiger partial charge in [0.1, 0.15) is 50.8 Å². The van der Waals surface area contributed by atoms with Crippen molar-refractivity contribution in [2.24, 2.45) is 0 Å². The van der Waals surface area contributed by atoms with Crippen LogP contribution in [-0.2, 0) is 83.5 Å². The number of phosphoric ester groups is 4. The first-order valence-electron chi connectivity index (χ1n) is 45.8.